The smallest absolute Gasteiger partial charge is 0.241 e. The summed E-state index contributed by atoms with van der Waals surface area (Å²) in [5.41, 5.74) is 2.37. The summed E-state index contributed by atoms with van der Waals surface area (Å²) in [5, 5.41) is 4.16. The number of hydrogen-bond donors (Lipinski definition) is 0. The lowest BCUT2D eigenvalue weighted by Crippen LogP contribution is -2.37. The van der Waals surface area contributed by atoms with Crippen LogP contribution >= 0.6 is 0 Å². The lowest BCUT2D eigenvalue weighted by molar-refractivity contribution is 0.162. The van der Waals surface area contributed by atoms with Gasteiger partial charge in [-0.25, -0.2) is 0 Å². The maximum atomic E-state index is 5.54. The fourth-order valence-electron chi connectivity index (χ4n) is 4.06. The molecule has 0 bridgehead atoms. The van der Waals surface area contributed by atoms with E-state index < -0.39 is 0 Å². The van der Waals surface area contributed by atoms with Gasteiger partial charge in [-0.3, -0.25) is 9.80 Å². The third kappa shape index (κ3) is 4.16. The van der Waals surface area contributed by atoms with Crippen LogP contribution < -0.4 is 0 Å². The van der Waals surface area contributed by atoms with Gasteiger partial charge in [-0.15, -0.1) is 0 Å². The van der Waals surface area contributed by atoms with E-state index in [1.54, 1.807) is 0 Å². The summed E-state index contributed by atoms with van der Waals surface area (Å²) in [6.45, 7) is 8.38. The topological polar surface area (TPSA) is 45.4 Å². The third-order valence-electron chi connectivity index (χ3n) is 5.79. The first-order chi connectivity index (χ1) is 13.7. The first-order valence-electron chi connectivity index (χ1n) is 10.2. The molecule has 2 heterocycles. The van der Waals surface area contributed by atoms with Gasteiger partial charge < -0.3 is 4.52 Å². The average Bonchev–Trinajstić information content (AvgIpc) is 3.43. The quantitative estimate of drug-likeness (QED) is 0.612. The van der Waals surface area contributed by atoms with Gasteiger partial charge in [0.1, 0.15) is 0 Å². The molecule has 4 rings (SSSR count). The monoisotopic (exact) mass is 376 g/mol. The molecule has 0 radical (unpaired) electrons. The molecule has 5 nitrogen and oxygen atoms in total. The zero-order valence-corrected chi connectivity index (χ0v) is 16.7. The Hall–Kier alpha value is -2.50. The van der Waals surface area contributed by atoms with Crippen molar-refractivity contribution in [3.05, 3.63) is 72.1 Å². The van der Waals surface area contributed by atoms with Crippen LogP contribution in [0.1, 0.15) is 37.8 Å². The van der Waals surface area contributed by atoms with E-state index in [4.69, 9.17) is 4.52 Å². The van der Waals surface area contributed by atoms with Crippen LogP contribution in [0.2, 0.25) is 0 Å². The van der Waals surface area contributed by atoms with Gasteiger partial charge >= 0.3 is 0 Å². The molecule has 0 N–H and O–H groups in total. The van der Waals surface area contributed by atoms with E-state index in [1.807, 2.05) is 30.3 Å². The minimum atomic E-state index is 0.443. The van der Waals surface area contributed by atoms with Crippen molar-refractivity contribution < 1.29 is 4.52 Å². The summed E-state index contributed by atoms with van der Waals surface area (Å²) < 4.78 is 5.54. The molecule has 5 heteroatoms. The number of likely N-dealkylation sites (N-methyl/N-ethyl adjacent to an activating group) is 1. The normalized spacial score (nSPS) is 18.6. The second kappa shape index (κ2) is 8.67. The molecule has 0 saturated carbocycles. The van der Waals surface area contributed by atoms with Gasteiger partial charge in [-0.1, -0.05) is 72.7 Å². The number of nitrogens with zero attached hydrogens (tertiary/aromatic N) is 4. The summed E-state index contributed by atoms with van der Waals surface area (Å²) in [5.74, 6) is 1.35. The van der Waals surface area contributed by atoms with Gasteiger partial charge in [0.2, 0.25) is 11.7 Å². The Kier molecular flexibility index (Phi) is 5.84. The van der Waals surface area contributed by atoms with Gasteiger partial charge in [0, 0.05) is 30.7 Å². The third-order valence-corrected chi connectivity index (χ3v) is 5.79. The summed E-state index contributed by atoms with van der Waals surface area (Å²) in [7, 11) is 0. The zero-order chi connectivity index (χ0) is 19.3. The lowest BCUT2D eigenvalue weighted by Gasteiger charge is -2.28. The van der Waals surface area contributed by atoms with Crippen molar-refractivity contribution in [1.29, 1.82) is 0 Å². The van der Waals surface area contributed by atoms with Crippen LogP contribution in [0.5, 0.6) is 0 Å². The number of benzene rings is 2. The van der Waals surface area contributed by atoms with Crippen molar-refractivity contribution in [2.24, 2.45) is 0 Å². The van der Waals surface area contributed by atoms with Gasteiger partial charge in [-0.05, 0) is 25.5 Å². The van der Waals surface area contributed by atoms with Crippen molar-refractivity contribution in [3.8, 4) is 11.4 Å². The Labute approximate surface area is 167 Å². The minimum Gasteiger partial charge on any atom is -0.338 e. The molecule has 1 aliphatic rings. The molecule has 28 heavy (non-hydrogen) atoms. The van der Waals surface area contributed by atoms with Gasteiger partial charge in [0.25, 0.3) is 0 Å². The van der Waals surface area contributed by atoms with E-state index in [2.05, 4.69) is 64.1 Å². The molecule has 2 unspecified atom stereocenters. The second-order valence-corrected chi connectivity index (χ2v) is 7.46. The molecule has 1 fully saturated rings. The molecule has 1 aliphatic heterocycles. The summed E-state index contributed by atoms with van der Waals surface area (Å²) >= 11 is 0. The van der Waals surface area contributed by atoms with Crippen molar-refractivity contribution >= 4 is 0 Å². The number of likely N-dealkylation sites (tertiary alicyclic amines) is 1. The van der Waals surface area contributed by atoms with E-state index >= 15 is 0 Å². The Morgan fingerprint density at radius 3 is 2.54 bits per heavy atom. The molecule has 2 atom stereocenters. The summed E-state index contributed by atoms with van der Waals surface area (Å²) in [6, 6.07) is 21.7. The molecule has 1 aromatic heterocycles. The molecule has 1 saturated heterocycles. The average molecular weight is 377 g/mol. The predicted molar refractivity (Wildman–Crippen MR) is 111 cm³/mol. The summed E-state index contributed by atoms with van der Waals surface area (Å²) in [6.07, 6.45) is 1.17. The van der Waals surface area contributed by atoms with Gasteiger partial charge in [0.05, 0.1) is 6.54 Å². The van der Waals surface area contributed by atoms with Crippen LogP contribution in [0.25, 0.3) is 11.4 Å². The van der Waals surface area contributed by atoms with Crippen molar-refractivity contribution in [3.63, 3.8) is 0 Å². The minimum absolute atomic E-state index is 0.443. The first-order valence-corrected chi connectivity index (χ1v) is 10.2. The molecular weight excluding hydrogens is 348 g/mol. The highest BCUT2D eigenvalue weighted by molar-refractivity contribution is 5.53. The summed E-state index contributed by atoms with van der Waals surface area (Å²) in [4.78, 5) is 9.64. The lowest BCUT2D eigenvalue weighted by atomic mass is 10.1. The molecule has 0 spiro atoms. The molecule has 0 amide bonds. The second-order valence-electron chi connectivity index (χ2n) is 7.46. The fraction of sp³-hybridized carbons (Fsp3) is 0.391. The maximum absolute atomic E-state index is 5.54. The number of rotatable bonds is 7. The largest absolute Gasteiger partial charge is 0.338 e. The van der Waals surface area contributed by atoms with Crippen LogP contribution in [0.15, 0.2) is 65.2 Å². The van der Waals surface area contributed by atoms with Gasteiger partial charge in [0.15, 0.2) is 0 Å². The Morgan fingerprint density at radius 1 is 1.11 bits per heavy atom. The van der Waals surface area contributed by atoms with Crippen LogP contribution in [0.3, 0.4) is 0 Å². The van der Waals surface area contributed by atoms with E-state index in [1.165, 1.54) is 12.0 Å². The number of aromatic nitrogens is 2. The maximum Gasteiger partial charge on any atom is 0.241 e. The van der Waals surface area contributed by atoms with Gasteiger partial charge in [-0.2, -0.15) is 4.98 Å². The van der Waals surface area contributed by atoms with Crippen molar-refractivity contribution in [2.45, 2.75) is 38.9 Å². The molecule has 3 aromatic rings. The Morgan fingerprint density at radius 2 is 1.82 bits per heavy atom. The van der Waals surface area contributed by atoms with E-state index in [-0.39, 0.29) is 0 Å². The predicted octanol–water partition coefficient (Wildman–Crippen LogP) is 4.39. The molecule has 2 aromatic carbocycles. The molecular formula is C23H28N4O. The van der Waals surface area contributed by atoms with Crippen LogP contribution in [-0.4, -0.2) is 45.6 Å². The van der Waals surface area contributed by atoms with Crippen LogP contribution in [0.4, 0.5) is 0 Å². The number of hydrogen-bond acceptors (Lipinski definition) is 5. The standard InChI is InChI=1S/C23H28N4O/c1-3-26(17-22-24-23(25-28-22)20-12-8-5-9-13-20)21-14-15-27(16-21)18(2)19-10-6-4-7-11-19/h4-13,18,21H,3,14-17H2,1-2H3. The fourth-order valence-corrected chi connectivity index (χ4v) is 4.06. The van der Waals surface area contributed by atoms with Crippen molar-refractivity contribution in [1.82, 2.24) is 19.9 Å². The molecule has 0 aliphatic carbocycles. The highest BCUT2D eigenvalue weighted by Crippen LogP contribution is 2.27. The Balaban J connectivity index is 1.39. The zero-order valence-electron chi connectivity index (χ0n) is 16.7. The highest BCUT2D eigenvalue weighted by atomic mass is 16.5. The SMILES string of the molecule is CCN(Cc1nc(-c2ccccc2)no1)C1CCN(C(C)c2ccccc2)C1. The van der Waals surface area contributed by atoms with E-state index in [9.17, 15) is 0 Å². The first kappa shape index (κ1) is 18.8. The van der Waals surface area contributed by atoms with Crippen LogP contribution in [0, 0.1) is 0 Å². The van der Waals surface area contributed by atoms with Crippen molar-refractivity contribution in [2.75, 3.05) is 19.6 Å². The van der Waals surface area contributed by atoms with E-state index in [0.717, 1.165) is 25.2 Å². The molecule has 146 valence electrons. The van der Waals surface area contributed by atoms with Crippen LogP contribution in [-0.2, 0) is 6.54 Å². The Bertz CT molecular complexity index is 865. The van der Waals surface area contributed by atoms with E-state index in [0.29, 0.717) is 30.3 Å². The highest BCUT2D eigenvalue weighted by Gasteiger charge is 2.30.